The molecular weight excluding hydrogens is 284 g/mol. The lowest BCUT2D eigenvalue weighted by Crippen LogP contribution is -2.14. The van der Waals surface area contributed by atoms with Crippen molar-refractivity contribution >= 4 is 18.6 Å². The van der Waals surface area contributed by atoms with Crippen LogP contribution < -0.4 is 4.74 Å². The molecule has 4 heteroatoms. The average molecular weight is 302 g/mol. The predicted molar refractivity (Wildman–Crippen MR) is 86.3 cm³/mol. The molecule has 0 heterocycles. The van der Waals surface area contributed by atoms with Gasteiger partial charge in [0.2, 0.25) is 0 Å². The molecule has 0 bridgehead atoms. The van der Waals surface area contributed by atoms with Crippen molar-refractivity contribution < 1.29 is 14.3 Å². The van der Waals surface area contributed by atoms with E-state index in [1.165, 1.54) is 12.7 Å². The normalized spacial score (nSPS) is 11.7. The molecule has 0 aliphatic rings. The summed E-state index contributed by atoms with van der Waals surface area (Å²) in [7, 11) is 1.36. The van der Waals surface area contributed by atoms with Crippen LogP contribution in [0.4, 0.5) is 0 Å². The molecule has 3 nitrogen and oxygen atoms in total. The van der Waals surface area contributed by atoms with Crippen LogP contribution in [0.2, 0.25) is 0 Å². The highest BCUT2D eigenvalue weighted by molar-refractivity contribution is 7.80. The van der Waals surface area contributed by atoms with E-state index in [1.54, 1.807) is 18.2 Å². The minimum Gasteiger partial charge on any atom is -0.492 e. The molecule has 1 atom stereocenters. The van der Waals surface area contributed by atoms with E-state index >= 15 is 0 Å². The lowest BCUT2D eigenvalue weighted by Gasteiger charge is -2.17. The summed E-state index contributed by atoms with van der Waals surface area (Å²) >= 11 is 4.39. The SMILES string of the molecule is COC(=O)c1ccccc1OCC(CS)c1ccccc1. The molecule has 0 radical (unpaired) electrons. The number of carbonyl (C=O) groups is 1. The molecule has 0 amide bonds. The van der Waals surface area contributed by atoms with Crippen LogP contribution in [0.15, 0.2) is 54.6 Å². The van der Waals surface area contributed by atoms with Crippen molar-refractivity contribution in [3.05, 3.63) is 65.7 Å². The van der Waals surface area contributed by atoms with Crippen LogP contribution in [0, 0.1) is 0 Å². The molecule has 0 aliphatic heterocycles. The fraction of sp³-hybridized carbons (Fsp3) is 0.235. The number of hydrogen-bond acceptors (Lipinski definition) is 4. The Morgan fingerprint density at radius 2 is 1.76 bits per heavy atom. The highest BCUT2D eigenvalue weighted by atomic mass is 32.1. The summed E-state index contributed by atoms with van der Waals surface area (Å²) < 4.78 is 10.6. The first-order valence-corrected chi connectivity index (χ1v) is 7.35. The second-order valence-electron chi connectivity index (χ2n) is 4.59. The summed E-state index contributed by atoms with van der Waals surface area (Å²) in [6, 6.07) is 17.2. The summed E-state index contributed by atoms with van der Waals surface area (Å²) in [4.78, 5) is 11.7. The molecule has 0 N–H and O–H groups in total. The Hall–Kier alpha value is -1.94. The minimum absolute atomic E-state index is 0.167. The Balaban J connectivity index is 2.10. The third kappa shape index (κ3) is 4.02. The van der Waals surface area contributed by atoms with Gasteiger partial charge in [-0.1, -0.05) is 42.5 Å². The van der Waals surface area contributed by atoms with Crippen molar-refractivity contribution in [3.8, 4) is 5.75 Å². The van der Waals surface area contributed by atoms with Crippen molar-refractivity contribution in [2.45, 2.75) is 5.92 Å². The van der Waals surface area contributed by atoms with E-state index in [0.717, 1.165) is 0 Å². The average Bonchev–Trinajstić information content (AvgIpc) is 2.56. The van der Waals surface area contributed by atoms with Gasteiger partial charge in [0.15, 0.2) is 0 Å². The van der Waals surface area contributed by atoms with E-state index in [-0.39, 0.29) is 5.92 Å². The van der Waals surface area contributed by atoms with Gasteiger partial charge in [-0.15, -0.1) is 0 Å². The van der Waals surface area contributed by atoms with Crippen molar-refractivity contribution in [3.63, 3.8) is 0 Å². The molecule has 0 saturated heterocycles. The molecule has 0 aromatic heterocycles. The van der Waals surface area contributed by atoms with Crippen LogP contribution in [-0.2, 0) is 4.74 Å². The molecular formula is C17H18O3S. The van der Waals surface area contributed by atoms with Crippen LogP contribution in [0.5, 0.6) is 5.75 Å². The lowest BCUT2D eigenvalue weighted by atomic mass is 10.0. The molecule has 0 aliphatic carbocycles. The van der Waals surface area contributed by atoms with Crippen molar-refractivity contribution in [2.75, 3.05) is 19.5 Å². The largest absolute Gasteiger partial charge is 0.492 e. The maximum absolute atomic E-state index is 11.7. The number of benzene rings is 2. The maximum Gasteiger partial charge on any atom is 0.341 e. The van der Waals surface area contributed by atoms with Gasteiger partial charge in [-0.25, -0.2) is 4.79 Å². The van der Waals surface area contributed by atoms with Crippen LogP contribution in [0.3, 0.4) is 0 Å². The quantitative estimate of drug-likeness (QED) is 0.654. The topological polar surface area (TPSA) is 35.5 Å². The third-order valence-electron chi connectivity index (χ3n) is 3.22. The number of ether oxygens (including phenoxy) is 2. The molecule has 1 unspecified atom stereocenters. The molecule has 2 aromatic carbocycles. The molecule has 0 saturated carbocycles. The smallest absolute Gasteiger partial charge is 0.341 e. The third-order valence-corrected chi connectivity index (χ3v) is 3.66. The van der Waals surface area contributed by atoms with Gasteiger partial charge < -0.3 is 9.47 Å². The number of rotatable bonds is 6. The standard InChI is InChI=1S/C17H18O3S/c1-19-17(18)15-9-5-6-10-16(15)20-11-14(12-21)13-7-3-2-4-8-13/h2-10,14,21H,11-12H2,1H3. The molecule has 2 aromatic rings. The van der Waals surface area contributed by atoms with Crippen molar-refractivity contribution in [2.24, 2.45) is 0 Å². The van der Waals surface area contributed by atoms with Gasteiger partial charge in [0.1, 0.15) is 11.3 Å². The van der Waals surface area contributed by atoms with E-state index in [0.29, 0.717) is 23.7 Å². The Kier molecular flexibility index (Phi) is 5.69. The molecule has 110 valence electrons. The van der Waals surface area contributed by atoms with Crippen molar-refractivity contribution in [1.82, 2.24) is 0 Å². The van der Waals surface area contributed by atoms with E-state index in [1.807, 2.05) is 24.3 Å². The van der Waals surface area contributed by atoms with E-state index < -0.39 is 5.97 Å². The summed E-state index contributed by atoms with van der Waals surface area (Å²) in [6.45, 7) is 0.460. The first-order chi connectivity index (χ1) is 10.3. The Bertz CT molecular complexity index is 584. The van der Waals surface area contributed by atoms with Gasteiger partial charge in [-0.05, 0) is 17.7 Å². The van der Waals surface area contributed by atoms with Crippen LogP contribution >= 0.6 is 12.6 Å². The van der Waals surface area contributed by atoms with Crippen LogP contribution in [0.1, 0.15) is 21.8 Å². The van der Waals surface area contributed by atoms with Gasteiger partial charge in [0.05, 0.1) is 13.7 Å². The summed E-state index contributed by atoms with van der Waals surface area (Å²) in [6.07, 6.45) is 0. The van der Waals surface area contributed by atoms with Crippen LogP contribution in [0.25, 0.3) is 0 Å². The van der Waals surface area contributed by atoms with Gasteiger partial charge >= 0.3 is 5.97 Å². The van der Waals surface area contributed by atoms with Gasteiger partial charge in [0, 0.05) is 11.7 Å². The first-order valence-electron chi connectivity index (χ1n) is 6.72. The van der Waals surface area contributed by atoms with E-state index in [2.05, 4.69) is 24.8 Å². The zero-order valence-electron chi connectivity index (χ0n) is 11.9. The Morgan fingerprint density at radius 3 is 2.43 bits per heavy atom. The monoisotopic (exact) mass is 302 g/mol. The van der Waals surface area contributed by atoms with Crippen molar-refractivity contribution in [1.29, 1.82) is 0 Å². The number of hydrogen-bond donors (Lipinski definition) is 1. The predicted octanol–water partition coefficient (Wildman–Crippen LogP) is 3.57. The fourth-order valence-electron chi connectivity index (χ4n) is 2.04. The zero-order valence-corrected chi connectivity index (χ0v) is 12.8. The second kappa shape index (κ2) is 7.74. The number of para-hydroxylation sites is 1. The lowest BCUT2D eigenvalue weighted by molar-refractivity contribution is 0.0595. The van der Waals surface area contributed by atoms with E-state index in [9.17, 15) is 4.79 Å². The molecule has 21 heavy (non-hydrogen) atoms. The van der Waals surface area contributed by atoms with Gasteiger partial charge in [-0.2, -0.15) is 12.6 Å². The van der Waals surface area contributed by atoms with E-state index in [4.69, 9.17) is 9.47 Å². The molecule has 0 fully saturated rings. The zero-order chi connectivity index (χ0) is 15.1. The molecule has 2 rings (SSSR count). The second-order valence-corrected chi connectivity index (χ2v) is 4.95. The summed E-state index contributed by atoms with van der Waals surface area (Å²) in [5, 5.41) is 0. The highest BCUT2D eigenvalue weighted by Crippen LogP contribution is 2.23. The number of esters is 1. The highest BCUT2D eigenvalue weighted by Gasteiger charge is 2.15. The van der Waals surface area contributed by atoms with Gasteiger partial charge in [-0.3, -0.25) is 0 Å². The maximum atomic E-state index is 11.7. The fourth-order valence-corrected chi connectivity index (χ4v) is 2.36. The Labute approximate surface area is 130 Å². The molecule has 0 spiro atoms. The van der Waals surface area contributed by atoms with Gasteiger partial charge in [0.25, 0.3) is 0 Å². The number of methoxy groups -OCH3 is 1. The number of thiol groups is 1. The summed E-state index contributed by atoms with van der Waals surface area (Å²) in [5.74, 6) is 0.977. The first kappa shape index (κ1) is 15.4. The van der Waals surface area contributed by atoms with Crippen LogP contribution in [-0.4, -0.2) is 25.4 Å². The Morgan fingerprint density at radius 1 is 1.10 bits per heavy atom. The minimum atomic E-state index is -0.396. The summed E-state index contributed by atoms with van der Waals surface area (Å²) in [5.41, 5.74) is 1.61. The number of carbonyl (C=O) groups excluding carboxylic acids is 1.